The second kappa shape index (κ2) is 5.51. The number of halogens is 1. The predicted molar refractivity (Wildman–Crippen MR) is 65.2 cm³/mol. The Labute approximate surface area is 103 Å². The van der Waals surface area contributed by atoms with Crippen molar-refractivity contribution >= 4 is 31.6 Å². The molecular formula is C9H12BrNO4S. The average molecular weight is 310 g/mol. The zero-order valence-corrected chi connectivity index (χ0v) is 11.0. The van der Waals surface area contributed by atoms with Gasteiger partial charge in [-0.05, 0) is 28.1 Å². The largest absolute Gasteiger partial charge is 0.495 e. The Hall–Kier alpha value is -0.790. The zero-order chi connectivity index (χ0) is 12.2. The molecule has 0 aromatic heterocycles. The highest BCUT2D eigenvalue weighted by Gasteiger charge is 2.10. The number of rotatable bonds is 5. The van der Waals surface area contributed by atoms with Gasteiger partial charge in [0.1, 0.15) is 5.75 Å². The van der Waals surface area contributed by atoms with Crippen LogP contribution in [0.3, 0.4) is 0 Å². The highest BCUT2D eigenvalue weighted by molar-refractivity contribution is 9.10. The molecule has 0 bridgehead atoms. The van der Waals surface area contributed by atoms with Crippen LogP contribution >= 0.6 is 15.9 Å². The first kappa shape index (κ1) is 13.3. The van der Waals surface area contributed by atoms with E-state index in [4.69, 9.17) is 9.84 Å². The summed E-state index contributed by atoms with van der Waals surface area (Å²) < 4.78 is 30.8. The van der Waals surface area contributed by atoms with Crippen molar-refractivity contribution in [2.75, 3.05) is 24.2 Å². The molecule has 1 rings (SSSR count). The van der Waals surface area contributed by atoms with Crippen LogP contribution in [0.4, 0.5) is 5.69 Å². The van der Waals surface area contributed by atoms with Gasteiger partial charge in [-0.1, -0.05) is 0 Å². The Morgan fingerprint density at radius 2 is 2.19 bits per heavy atom. The molecule has 16 heavy (non-hydrogen) atoms. The van der Waals surface area contributed by atoms with Gasteiger partial charge in [0, 0.05) is 6.07 Å². The van der Waals surface area contributed by atoms with Gasteiger partial charge in [-0.3, -0.25) is 4.72 Å². The third kappa shape index (κ3) is 3.66. The van der Waals surface area contributed by atoms with E-state index < -0.39 is 16.6 Å². The van der Waals surface area contributed by atoms with Crippen LogP contribution in [0.5, 0.6) is 5.75 Å². The monoisotopic (exact) mass is 309 g/mol. The molecule has 0 aliphatic carbocycles. The maximum atomic E-state index is 11.4. The molecule has 0 fully saturated rings. The Balaban J connectivity index is 2.90. The fourth-order valence-electron chi connectivity index (χ4n) is 1.07. The minimum absolute atomic E-state index is 0.328. The first-order valence-corrected chi connectivity index (χ1v) is 6.88. The SMILES string of the molecule is COc1cc(NS(=O)(=O)CCO)ccc1Br. The molecule has 0 spiro atoms. The van der Waals surface area contributed by atoms with Gasteiger partial charge in [-0.15, -0.1) is 0 Å². The van der Waals surface area contributed by atoms with Gasteiger partial charge in [-0.25, -0.2) is 8.42 Å². The smallest absolute Gasteiger partial charge is 0.234 e. The quantitative estimate of drug-likeness (QED) is 0.857. The lowest BCUT2D eigenvalue weighted by Gasteiger charge is -2.09. The molecule has 1 aromatic carbocycles. The van der Waals surface area contributed by atoms with Crippen molar-refractivity contribution in [3.8, 4) is 5.75 Å². The van der Waals surface area contributed by atoms with E-state index in [1.807, 2.05) is 0 Å². The van der Waals surface area contributed by atoms with Crippen molar-refractivity contribution in [1.29, 1.82) is 0 Å². The normalized spacial score (nSPS) is 11.2. The highest BCUT2D eigenvalue weighted by atomic mass is 79.9. The number of nitrogens with one attached hydrogen (secondary N) is 1. The van der Waals surface area contributed by atoms with Crippen LogP contribution in [0.15, 0.2) is 22.7 Å². The lowest BCUT2D eigenvalue weighted by Crippen LogP contribution is -2.18. The summed E-state index contributed by atoms with van der Waals surface area (Å²) in [6, 6.07) is 4.83. The number of hydrogen-bond donors (Lipinski definition) is 2. The van der Waals surface area contributed by atoms with Crippen LogP contribution in [0.1, 0.15) is 0 Å². The number of benzene rings is 1. The number of ether oxygens (including phenoxy) is 1. The van der Waals surface area contributed by atoms with E-state index in [9.17, 15) is 8.42 Å². The second-order valence-electron chi connectivity index (χ2n) is 2.99. The maximum Gasteiger partial charge on any atom is 0.234 e. The van der Waals surface area contributed by atoms with Crippen molar-refractivity contribution < 1.29 is 18.3 Å². The topological polar surface area (TPSA) is 75.6 Å². The molecule has 5 nitrogen and oxygen atoms in total. The number of anilines is 1. The van der Waals surface area contributed by atoms with Gasteiger partial charge in [0.05, 0.1) is 29.6 Å². The third-order valence-corrected chi connectivity index (χ3v) is 3.71. The summed E-state index contributed by atoms with van der Waals surface area (Å²) in [4.78, 5) is 0. The first-order chi connectivity index (χ1) is 7.48. The summed E-state index contributed by atoms with van der Waals surface area (Å²) in [6.45, 7) is -0.414. The third-order valence-electron chi connectivity index (χ3n) is 1.78. The van der Waals surface area contributed by atoms with E-state index in [2.05, 4.69) is 20.7 Å². The van der Waals surface area contributed by atoms with E-state index in [1.165, 1.54) is 7.11 Å². The second-order valence-corrected chi connectivity index (χ2v) is 5.69. The number of aliphatic hydroxyl groups is 1. The molecule has 0 saturated carbocycles. The fraction of sp³-hybridized carbons (Fsp3) is 0.333. The fourth-order valence-corrected chi connectivity index (χ4v) is 2.31. The molecule has 0 amide bonds. The average Bonchev–Trinajstić information content (AvgIpc) is 2.20. The molecule has 0 aliphatic rings. The predicted octanol–water partition coefficient (Wildman–Crippen LogP) is 1.19. The summed E-state index contributed by atoms with van der Waals surface area (Å²) in [7, 11) is -2.00. The van der Waals surface area contributed by atoms with Crippen LogP contribution in [-0.4, -0.2) is 33.0 Å². The van der Waals surface area contributed by atoms with E-state index in [1.54, 1.807) is 18.2 Å². The maximum absolute atomic E-state index is 11.4. The molecule has 0 unspecified atom stereocenters. The molecule has 7 heteroatoms. The van der Waals surface area contributed by atoms with Crippen molar-refractivity contribution in [3.05, 3.63) is 22.7 Å². The summed E-state index contributed by atoms with van der Waals surface area (Å²) in [6.07, 6.45) is 0. The van der Waals surface area contributed by atoms with E-state index in [0.717, 1.165) is 4.47 Å². The molecule has 0 atom stereocenters. The molecule has 1 aromatic rings. The van der Waals surface area contributed by atoms with E-state index in [0.29, 0.717) is 11.4 Å². The number of aliphatic hydroxyl groups excluding tert-OH is 1. The summed E-state index contributed by atoms with van der Waals surface area (Å²) in [5, 5.41) is 8.57. The minimum Gasteiger partial charge on any atom is -0.495 e. The van der Waals surface area contributed by atoms with Crippen LogP contribution in [0.2, 0.25) is 0 Å². The number of hydrogen-bond acceptors (Lipinski definition) is 4. The number of methoxy groups -OCH3 is 1. The van der Waals surface area contributed by atoms with Gasteiger partial charge in [-0.2, -0.15) is 0 Å². The van der Waals surface area contributed by atoms with Gasteiger partial charge < -0.3 is 9.84 Å². The van der Waals surface area contributed by atoms with Crippen molar-refractivity contribution in [2.24, 2.45) is 0 Å². The lowest BCUT2D eigenvalue weighted by atomic mass is 10.3. The standard InChI is InChI=1S/C9H12BrNO4S/c1-15-9-6-7(2-3-8(9)10)11-16(13,14)5-4-12/h2-3,6,11-12H,4-5H2,1H3. The zero-order valence-electron chi connectivity index (χ0n) is 8.60. The Kier molecular flexibility index (Phi) is 4.57. The van der Waals surface area contributed by atoms with Crippen molar-refractivity contribution in [2.45, 2.75) is 0 Å². The van der Waals surface area contributed by atoms with Crippen LogP contribution in [-0.2, 0) is 10.0 Å². The summed E-state index contributed by atoms with van der Waals surface area (Å²) in [5.74, 6) is 0.204. The van der Waals surface area contributed by atoms with Gasteiger partial charge >= 0.3 is 0 Å². The van der Waals surface area contributed by atoms with Gasteiger partial charge in [0.25, 0.3) is 0 Å². The van der Waals surface area contributed by atoms with E-state index >= 15 is 0 Å². The van der Waals surface area contributed by atoms with Crippen LogP contribution in [0, 0.1) is 0 Å². The molecule has 2 N–H and O–H groups in total. The number of sulfonamides is 1. The highest BCUT2D eigenvalue weighted by Crippen LogP contribution is 2.28. The molecule has 0 heterocycles. The van der Waals surface area contributed by atoms with Crippen molar-refractivity contribution in [1.82, 2.24) is 0 Å². The van der Waals surface area contributed by atoms with Crippen LogP contribution in [0.25, 0.3) is 0 Å². The van der Waals surface area contributed by atoms with E-state index in [-0.39, 0.29) is 5.75 Å². The Morgan fingerprint density at radius 1 is 1.50 bits per heavy atom. The van der Waals surface area contributed by atoms with Gasteiger partial charge in [0.15, 0.2) is 0 Å². The Morgan fingerprint density at radius 3 is 2.75 bits per heavy atom. The Bertz CT molecular complexity index is 461. The molecule has 0 aliphatic heterocycles. The summed E-state index contributed by atoms with van der Waals surface area (Å²) in [5.41, 5.74) is 0.397. The summed E-state index contributed by atoms with van der Waals surface area (Å²) >= 11 is 3.26. The molecule has 0 radical (unpaired) electrons. The molecule has 0 saturated heterocycles. The molecular weight excluding hydrogens is 298 g/mol. The van der Waals surface area contributed by atoms with Crippen LogP contribution < -0.4 is 9.46 Å². The van der Waals surface area contributed by atoms with Crippen molar-refractivity contribution in [3.63, 3.8) is 0 Å². The molecule has 90 valence electrons. The minimum atomic E-state index is -3.49. The lowest BCUT2D eigenvalue weighted by molar-refractivity contribution is 0.320. The first-order valence-electron chi connectivity index (χ1n) is 4.43. The van der Waals surface area contributed by atoms with Gasteiger partial charge in [0.2, 0.25) is 10.0 Å².